The van der Waals surface area contributed by atoms with Crippen LogP contribution in [0.15, 0.2) is 18.3 Å². The van der Waals surface area contributed by atoms with E-state index in [-0.39, 0.29) is 12.5 Å². The summed E-state index contributed by atoms with van der Waals surface area (Å²) >= 11 is 0. The Hall–Kier alpha value is -1.37. The van der Waals surface area contributed by atoms with Gasteiger partial charge in [0.1, 0.15) is 6.61 Å². The van der Waals surface area contributed by atoms with Crippen molar-refractivity contribution < 1.29 is 14.3 Å². The molecule has 1 saturated heterocycles. The molecule has 0 spiro atoms. The van der Waals surface area contributed by atoms with Gasteiger partial charge in [-0.15, -0.1) is 0 Å². The molecule has 0 aromatic carbocycles. The molecule has 0 bridgehead atoms. The molecule has 2 aliphatic heterocycles. The van der Waals surface area contributed by atoms with E-state index >= 15 is 0 Å². The summed E-state index contributed by atoms with van der Waals surface area (Å²) in [6.07, 6.45) is 5.42. The van der Waals surface area contributed by atoms with Crippen LogP contribution < -0.4 is 0 Å². The Morgan fingerprint density at radius 2 is 2.12 bits per heavy atom. The zero-order valence-corrected chi connectivity index (χ0v) is 15.5. The van der Waals surface area contributed by atoms with Crippen LogP contribution >= 0.6 is 0 Å². The number of fused-ring (bicyclic) bond motifs is 1. The summed E-state index contributed by atoms with van der Waals surface area (Å²) in [5, 5.41) is 0. The van der Waals surface area contributed by atoms with Crippen molar-refractivity contribution in [3.63, 3.8) is 0 Å². The number of rotatable bonds is 6. The predicted molar refractivity (Wildman–Crippen MR) is 96.3 cm³/mol. The van der Waals surface area contributed by atoms with E-state index in [9.17, 15) is 4.79 Å². The van der Waals surface area contributed by atoms with Gasteiger partial charge >= 0.3 is 0 Å². The van der Waals surface area contributed by atoms with Crippen molar-refractivity contribution in [3.05, 3.63) is 24.0 Å². The molecule has 6 nitrogen and oxygen atoms in total. The van der Waals surface area contributed by atoms with Gasteiger partial charge < -0.3 is 18.9 Å². The highest BCUT2D eigenvalue weighted by Crippen LogP contribution is 2.24. The van der Waals surface area contributed by atoms with Gasteiger partial charge in [0.2, 0.25) is 5.91 Å². The molecule has 0 aliphatic carbocycles. The molecule has 1 unspecified atom stereocenters. The predicted octanol–water partition coefficient (Wildman–Crippen LogP) is 1.59. The molecule has 3 rings (SSSR count). The van der Waals surface area contributed by atoms with Crippen LogP contribution in [-0.4, -0.2) is 73.4 Å². The van der Waals surface area contributed by atoms with Crippen LogP contribution in [-0.2, 0) is 27.4 Å². The van der Waals surface area contributed by atoms with E-state index in [0.29, 0.717) is 18.6 Å². The lowest BCUT2D eigenvalue weighted by Crippen LogP contribution is -2.41. The second-order valence-corrected chi connectivity index (χ2v) is 7.42. The van der Waals surface area contributed by atoms with Crippen LogP contribution in [0.4, 0.5) is 0 Å². The Morgan fingerprint density at radius 1 is 1.32 bits per heavy atom. The average molecular weight is 349 g/mol. The second-order valence-electron chi connectivity index (χ2n) is 7.42. The fourth-order valence-electron chi connectivity index (χ4n) is 3.76. The third-order valence-corrected chi connectivity index (χ3v) is 5.34. The fourth-order valence-corrected chi connectivity index (χ4v) is 3.76. The molecule has 1 aromatic rings. The molecule has 25 heavy (non-hydrogen) atoms. The Kier molecular flexibility index (Phi) is 6.51. The first-order valence-electron chi connectivity index (χ1n) is 9.37. The number of aromatic nitrogens is 1. The molecule has 0 N–H and O–H groups in total. The van der Waals surface area contributed by atoms with Crippen molar-refractivity contribution >= 4 is 5.91 Å². The standard InChI is InChI=1S/C19H31N3O3/c1-20(2)19(23)15-25-9-5-16-12-21-8-3-4-18(21)14-22(13-16)17-6-10-24-11-7-17/h3-4,8,16-17H,5-7,9-15H2,1-2H3. The van der Waals surface area contributed by atoms with Crippen LogP contribution in [0, 0.1) is 5.92 Å². The highest BCUT2D eigenvalue weighted by molar-refractivity contribution is 5.76. The lowest BCUT2D eigenvalue weighted by atomic mass is 10.0. The molecular formula is C19H31N3O3. The maximum absolute atomic E-state index is 11.6. The zero-order valence-electron chi connectivity index (χ0n) is 15.5. The minimum absolute atomic E-state index is 0.0254. The number of hydrogen-bond acceptors (Lipinski definition) is 4. The number of carbonyl (C=O) groups is 1. The summed E-state index contributed by atoms with van der Waals surface area (Å²) in [4.78, 5) is 15.8. The molecule has 0 radical (unpaired) electrons. The quantitative estimate of drug-likeness (QED) is 0.732. The first kappa shape index (κ1) is 18.4. The molecule has 6 heteroatoms. The summed E-state index contributed by atoms with van der Waals surface area (Å²) < 4.78 is 13.5. The average Bonchev–Trinajstić information content (AvgIpc) is 2.97. The van der Waals surface area contributed by atoms with E-state index < -0.39 is 0 Å². The topological polar surface area (TPSA) is 46.9 Å². The third kappa shape index (κ3) is 5.06. The lowest BCUT2D eigenvalue weighted by molar-refractivity contribution is -0.133. The first-order valence-corrected chi connectivity index (χ1v) is 9.37. The summed E-state index contributed by atoms with van der Waals surface area (Å²) in [6.45, 7) is 5.73. The highest BCUT2D eigenvalue weighted by atomic mass is 16.5. The molecule has 1 amide bonds. The number of ether oxygens (including phenoxy) is 2. The molecule has 0 saturated carbocycles. The first-order chi connectivity index (χ1) is 12.1. The largest absolute Gasteiger partial charge is 0.381 e. The van der Waals surface area contributed by atoms with E-state index in [2.05, 4.69) is 27.8 Å². The van der Waals surface area contributed by atoms with Crippen LogP contribution in [0.2, 0.25) is 0 Å². The summed E-state index contributed by atoms with van der Waals surface area (Å²) in [5.74, 6) is 0.573. The van der Waals surface area contributed by atoms with Crippen LogP contribution in [0.5, 0.6) is 0 Å². The molecule has 1 aromatic heterocycles. The molecular weight excluding hydrogens is 318 g/mol. The minimum Gasteiger partial charge on any atom is -0.381 e. The summed E-state index contributed by atoms with van der Waals surface area (Å²) in [6, 6.07) is 5.00. The Morgan fingerprint density at radius 3 is 2.88 bits per heavy atom. The van der Waals surface area contributed by atoms with Crippen molar-refractivity contribution in [3.8, 4) is 0 Å². The Bertz CT molecular complexity index is 552. The van der Waals surface area contributed by atoms with Crippen LogP contribution in [0.3, 0.4) is 0 Å². The number of amides is 1. The van der Waals surface area contributed by atoms with Gasteiger partial charge in [0, 0.05) is 71.5 Å². The van der Waals surface area contributed by atoms with Gasteiger partial charge in [-0.1, -0.05) is 0 Å². The van der Waals surface area contributed by atoms with E-state index in [1.807, 2.05) is 0 Å². The Balaban J connectivity index is 1.56. The number of carbonyl (C=O) groups excluding carboxylic acids is 1. The maximum atomic E-state index is 11.6. The van der Waals surface area contributed by atoms with Crippen molar-refractivity contribution in [2.45, 2.75) is 38.4 Å². The molecule has 3 heterocycles. The molecule has 1 atom stereocenters. The normalized spacial score (nSPS) is 22.4. The number of hydrogen-bond donors (Lipinski definition) is 0. The number of likely N-dealkylation sites (N-methyl/N-ethyl adjacent to an activating group) is 1. The lowest BCUT2D eigenvalue weighted by Gasteiger charge is -2.34. The van der Waals surface area contributed by atoms with E-state index in [4.69, 9.17) is 9.47 Å². The second kappa shape index (κ2) is 8.83. The smallest absolute Gasteiger partial charge is 0.248 e. The van der Waals surface area contributed by atoms with Crippen LogP contribution in [0.1, 0.15) is 25.0 Å². The van der Waals surface area contributed by atoms with E-state index in [1.165, 1.54) is 5.69 Å². The van der Waals surface area contributed by atoms with Gasteiger partial charge in [0.05, 0.1) is 0 Å². The Labute approximate surface area is 150 Å². The number of nitrogens with zero attached hydrogens (tertiary/aromatic N) is 3. The summed E-state index contributed by atoms with van der Waals surface area (Å²) in [7, 11) is 3.52. The van der Waals surface area contributed by atoms with Crippen molar-refractivity contribution in [1.29, 1.82) is 0 Å². The summed E-state index contributed by atoms with van der Waals surface area (Å²) in [5.41, 5.74) is 1.40. The van der Waals surface area contributed by atoms with Gasteiger partial charge in [-0.25, -0.2) is 0 Å². The fraction of sp³-hybridized carbons (Fsp3) is 0.737. The maximum Gasteiger partial charge on any atom is 0.248 e. The SMILES string of the molecule is CN(C)C(=O)COCCC1CN(C2CCOCC2)Cc2cccn2C1. The monoisotopic (exact) mass is 349 g/mol. The molecule has 140 valence electrons. The van der Waals surface area contributed by atoms with Crippen molar-refractivity contribution in [2.75, 3.05) is 47.1 Å². The van der Waals surface area contributed by atoms with Crippen LogP contribution in [0.25, 0.3) is 0 Å². The van der Waals surface area contributed by atoms with Gasteiger partial charge in [0.15, 0.2) is 0 Å². The third-order valence-electron chi connectivity index (χ3n) is 5.34. The van der Waals surface area contributed by atoms with Gasteiger partial charge in [-0.3, -0.25) is 9.69 Å². The molecule has 1 fully saturated rings. The molecule has 2 aliphatic rings. The minimum atomic E-state index is 0.0254. The van der Waals surface area contributed by atoms with E-state index in [1.54, 1.807) is 19.0 Å². The van der Waals surface area contributed by atoms with Gasteiger partial charge in [-0.05, 0) is 37.3 Å². The zero-order chi connectivity index (χ0) is 17.6. The van der Waals surface area contributed by atoms with Gasteiger partial charge in [0.25, 0.3) is 0 Å². The van der Waals surface area contributed by atoms with Crippen molar-refractivity contribution in [1.82, 2.24) is 14.4 Å². The van der Waals surface area contributed by atoms with Crippen molar-refractivity contribution in [2.24, 2.45) is 5.92 Å². The van der Waals surface area contributed by atoms with Gasteiger partial charge in [-0.2, -0.15) is 0 Å². The van der Waals surface area contributed by atoms with E-state index in [0.717, 1.165) is 52.1 Å². The highest BCUT2D eigenvalue weighted by Gasteiger charge is 2.27.